The van der Waals surface area contributed by atoms with Crippen molar-refractivity contribution in [3.05, 3.63) is 64.7 Å². The monoisotopic (exact) mass is 479 g/mol. The number of carbonyl (C=O) groups is 3. The summed E-state index contributed by atoms with van der Waals surface area (Å²) >= 11 is 0. The van der Waals surface area contributed by atoms with E-state index in [1.807, 2.05) is 25.1 Å². The van der Waals surface area contributed by atoms with E-state index in [4.69, 9.17) is 4.79 Å². The Balaban J connectivity index is 0.000000795. The van der Waals surface area contributed by atoms with Crippen LogP contribution in [0, 0.1) is 5.92 Å². The summed E-state index contributed by atoms with van der Waals surface area (Å²) in [5, 5.41) is 11.4. The van der Waals surface area contributed by atoms with E-state index in [0.29, 0.717) is 25.3 Å². The molecule has 35 heavy (non-hydrogen) atoms. The minimum absolute atomic E-state index is 0.0157. The van der Waals surface area contributed by atoms with Gasteiger partial charge < -0.3 is 25.0 Å². The number of piperidine rings is 1. The van der Waals surface area contributed by atoms with Gasteiger partial charge in [0.2, 0.25) is 6.41 Å². The van der Waals surface area contributed by atoms with Gasteiger partial charge in [-0.15, -0.1) is 0 Å². The van der Waals surface area contributed by atoms with E-state index < -0.39 is 0 Å². The summed E-state index contributed by atoms with van der Waals surface area (Å²) in [7, 11) is 1.56. The molecule has 7 nitrogen and oxygen atoms in total. The summed E-state index contributed by atoms with van der Waals surface area (Å²) in [4.78, 5) is 37.4. The van der Waals surface area contributed by atoms with Crippen molar-refractivity contribution in [3.8, 4) is 0 Å². The van der Waals surface area contributed by atoms with E-state index in [1.165, 1.54) is 11.3 Å². The predicted octanol–water partition coefficient (Wildman–Crippen LogP) is 3.32. The van der Waals surface area contributed by atoms with Crippen LogP contribution in [0.25, 0.3) is 0 Å². The molecule has 0 saturated carbocycles. The van der Waals surface area contributed by atoms with Gasteiger partial charge >= 0.3 is 0 Å². The Morgan fingerprint density at radius 1 is 1.09 bits per heavy atom. The Bertz CT molecular complexity index is 984. The lowest BCUT2D eigenvalue weighted by Gasteiger charge is -2.34. The Labute approximate surface area is 208 Å². The number of nitrogens with one attached hydrogen (secondary N) is 1. The zero-order chi connectivity index (χ0) is 25.2. The van der Waals surface area contributed by atoms with Crippen LogP contribution < -0.4 is 10.2 Å². The molecule has 2 aliphatic rings. The first-order valence-electron chi connectivity index (χ1n) is 12.5. The third-order valence-electron chi connectivity index (χ3n) is 6.89. The molecule has 1 unspecified atom stereocenters. The highest BCUT2D eigenvalue weighted by atomic mass is 16.3. The van der Waals surface area contributed by atoms with Crippen molar-refractivity contribution in [2.75, 3.05) is 25.0 Å². The van der Waals surface area contributed by atoms with Crippen LogP contribution in [0.15, 0.2) is 42.5 Å². The van der Waals surface area contributed by atoms with Crippen molar-refractivity contribution in [2.45, 2.75) is 58.2 Å². The quantitative estimate of drug-likeness (QED) is 0.539. The fraction of sp³-hybridized carbons (Fsp3) is 0.464. The molecule has 2 aromatic rings. The molecule has 1 atom stereocenters. The van der Waals surface area contributed by atoms with Gasteiger partial charge in [0.05, 0.1) is 12.6 Å². The molecule has 1 fully saturated rings. The molecule has 7 heteroatoms. The summed E-state index contributed by atoms with van der Waals surface area (Å²) < 4.78 is 0. The Hall–Kier alpha value is -3.19. The number of nitrogens with zero attached hydrogens (tertiary/aromatic N) is 2. The van der Waals surface area contributed by atoms with Crippen LogP contribution in [0.1, 0.15) is 59.7 Å². The van der Waals surface area contributed by atoms with Gasteiger partial charge in [0.15, 0.2) is 0 Å². The highest BCUT2D eigenvalue weighted by Crippen LogP contribution is 2.31. The molecular weight excluding hydrogens is 442 g/mol. The molecule has 1 saturated heterocycles. The van der Waals surface area contributed by atoms with Gasteiger partial charge in [0.25, 0.3) is 5.91 Å². The summed E-state index contributed by atoms with van der Waals surface area (Å²) in [6.07, 6.45) is 6.51. The number of hydrogen-bond donors (Lipinski definition) is 2. The molecule has 4 rings (SSSR count). The fourth-order valence-electron chi connectivity index (χ4n) is 4.90. The number of benzene rings is 2. The first-order valence-corrected chi connectivity index (χ1v) is 12.5. The topological polar surface area (TPSA) is 89.9 Å². The molecule has 2 aromatic carbocycles. The zero-order valence-electron chi connectivity index (χ0n) is 20.8. The third-order valence-corrected chi connectivity index (χ3v) is 6.89. The lowest BCUT2D eigenvalue weighted by Crippen LogP contribution is -2.36. The first kappa shape index (κ1) is 26.4. The lowest BCUT2D eigenvalue weighted by atomic mass is 9.89. The largest absolute Gasteiger partial charge is 0.392 e. The van der Waals surface area contributed by atoms with Gasteiger partial charge in [-0.3, -0.25) is 9.59 Å². The second-order valence-corrected chi connectivity index (χ2v) is 9.28. The van der Waals surface area contributed by atoms with Gasteiger partial charge in [0, 0.05) is 37.9 Å². The molecule has 0 aromatic heterocycles. The number of aldehydes is 1. The zero-order valence-corrected chi connectivity index (χ0v) is 20.8. The second kappa shape index (κ2) is 13.0. The van der Waals surface area contributed by atoms with Gasteiger partial charge in [0.1, 0.15) is 6.29 Å². The van der Waals surface area contributed by atoms with Crippen molar-refractivity contribution in [2.24, 2.45) is 5.92 Å². The average molecular weight is 480 g/mol. The molecule has 188 valence electrons. The predicted molar refractivity (Wildman–Crippen MR) is 137 cm³/mol. The number of aliphatic hydroxyl groups is 1. The average Bonchev–Trinajstić information content (AvgIpc) is 3.23. The summed E-state index contributed by atoms with van der Waals surface area (Å²) in [6, 6.07) is 14.1. The van der Waals surface area contributed by atoms with E-state index in [-0.39, 0.29) is 18.6 Å². The number of hydrogen-bond acceptors (Lipinski definition) is 5. The van der Waals surface area contributed by atoms with Crippen LogP contribution in [0.4, 0.5) is 5.69 Å². The van der Waals surface area contributed by atoms with Crippen LogP contribution in [-0.2, 0) is 29.2 Å². The maximum atomic E-state index is 12.8. The Kier molecular flexibility index (Phi) is 9.85. The van der Waals surface area contributed by atoms with Crippen LogP contribution in [-0.4, -0.2) is 54.8 Å². The van der Waals surface area contributed by atoms with Gasteiger partial charge in [-0.2, -0.15) is 0 Å². The van der Waals surface area contributed by atoms with Crippen molar-refractivity contribution in [1.29, 1.82) is 0 Å². The highest BCUT2D eigenvalue weighted by molar-refractivity contribution is 6.00. The van der Waals surface area contributed by atoms with Crippen molar-refractivity contribution in [3.63, 3.8) is 0 Å². The fourth-order valence-corrected chi connectivity index (χ4v) is 4.90. The molecule has 0 bridgehead atoms. The third kappa shape index (κ3) is 6.69. The Morgan fingerprint density at radius 3 is 2.31 bits per heavy atom. The molecule has 0 radical (unpaired) electrons. The van der Waals surface area contributed by atoms with E-state index in [1.54, 1.807) is 11.9 Å². The summed E-state index contributed by atoms with van der Waals surface area (Å²) in [5.41, 5.74) is 5.26. The maximum Gasteiger partial charge on any atom is 0.255 e. The number of carbonyl (C=O) groups excluding carboxylic acids is 3. The molecule has 2 amide bonds. The van der Waals surface area contributed by atoms with Gasteiger partial charge in [-0.05, 0) is 66.5 Å². The van der Waals surface area contributed by atoms with Gasteiger partial charge in [-0.1, -0.05) is 37.6 Å². The standard InChI is InChI=1S/C26H32N2O3.C2H5NO/c1-2-3-24(18-30)28-16-22-15-23(8-9-25(22)26(28)31)27-12-10-20(11-13-27)14-19-4-6-21(17-29)7-5-19;1-3-2-4/h4-9,15,18,20,24,29H,2-3,10-14,16-17H2,1H3;2H,1H3,(H,3,4). The van der Waals surface area contributed by atoms with Crippen LogP contribution in [0.3, 0.4) is 0 Å². The molecule has 2 N–H and O–H groups in total. The van der Waals surface area contributed by atoms with Crippen LogP contribution >= 0.6 is 0 Å². The number of anilines is 1. The van der Waals surface area contributed by atoms with E-state index >= 15 is 0 Å². The lowest BCUT2D eigenvalue weighted by molar-refractivity contribution is -0.112. The second-order valence-electron chi connectivity index (χ2n) is 9.28. The van der Waals surface area contributed by atoms with E-state index in [0.717, 1.165) is 61.7 Å². The highest BCUT2D eigenvalue weighted by Gasteiger charge is 2.32. The van der Waals surface area contributed by atoms with Crippen LogP contribution in [0.5, 0.6) is 0 Å². The molecule has 2 aliphatic heterocycles. The van der Waals surface area contributed by atoms with Gasteiger partial charge in [-0.25, -0.2) is 0 Å². The molecular formula is C28H37N3O4. The number of amides is 2. The molecule has 0 spiro atoms. The first-order chi connectivity index (χ1) is 17.0. The summed E-state index contributed by atoms with van der Waals surface area (Å²) in [5.74, 6) is 0.656. The minimum atomic E-state index is -0.324. The SMILES string of the molecule is CCCC(C=O)N1Cc2cc(N3CCC(Cc4ccc(CO)cc4)CC3)ccc2C1=O.CNC=O. The normalized spacial score (nSPS) is 16.3. The maximum absolute atomic E-state index is 12.8. The molecule has 2 heterocycles. The smallest absolute Gasteiger partial charge is 0.255 e. The number of rotatable bonds is 9. The van der Waals surface area contributed by atoms with E-state index in [2.05, 4.69) is 34.5 Å². The molecule has 0 aliphatic carbocycles. The Morgan fingerprint density at radius 2 is 1.74 bits per heavy atom. The van der Waals surface area contributed by atoms with Crippen molar-refractivity contribution < 1.29 is 19.5 Å². The minimum Gasteiger partial charge on any atom is -0.392 e. The van der Waals surface area contributed by atoms with Crippen molar-refractivity contribution in [1.82, 2.24) is 10.2 Å². The number of fused-ring (bicyclic) bond motifs is 1. The van der Waals surface area contributed by atoms with Crippen LogP contribution in [0.2, 0.25) is 0 Å². The van der Waals surface area contributed by atoms with E-state index in [9.17, 15) is 14.7 Å². The van der Waals surface area contributed by atoms with Crippen molar-refractivity contribution >= 4 is 24.3 Å². The summed E-state index contributed by atoms with van der Waals surface area (Å²) in [6.45, 7) is 4.70. The number of aliphatic hydroxyl groups excluding tert-OH is 1.